The highest BCUT2D eigenvalue weighted by atomic mass is 32.2. The Kier molecular flexibility index (Phi) is 4.37. The van der Waals surface area contributed by atoms with Crippen molar-refractivity contribution in [3.05, 3.63) is 48.1 Å². The summed E-state index contributed by atoms with van der Waals surface area (Å²) in [6.07, 6.45) is 0. The van der Waals surface area contributed by atoms with E-state index in [4.69, 9.17) is 4.52 Å². The van der Waals surface area contributed by atoms with E-state index in [9.17, 15) is 4.79 Å². The fourth-order valence-corrected chi connectivity index (χ4v) is 4.06. The molecule has 0 aliphatic heterocycles. The molecule has 4 rings (SSSR count). The number of carbonyl (C=O) groups is 1. The van der Waals surface area contributed by atoms with Crippen LogP contribution in [0.15, 0.2) is 40.9 Å². The van der Waals surface area contributed by atoms with Crippen LogP contribution in [0.25, 0.3) is 21.0 Å². The number of nitrogens with one attached hydrogen (secondary N) is 1. The molecule has 0 unspecified atom stereocenters. The van der Waals surface area contributed by atoms with Crippen molar-refractivity contribution in [3.8, 4) is 0 Å². The molecule has 6 nitrogen and oxygen atoms in total. The van der Waals surface area contributed by atoms with Gasteiger partial charge in [0.2, 0.25) is 11.8 Å². The molecule has 1 amide bonds. The first kappa shape index (κ1) is 16.0. The van der Waals surface area contributed by atoms with Crippen molar-refractivity contribution >= 4 is 55.1 Å². The van der Waals surface area contributed by atoms with Crippen LogP contribution in [-0.4, -0.2) is 26.8 Å². The second kappa shape index (κ2) is 6.81. The number of amides is 1. The van der Waals surface area contributed by atoms with Gasteiger partial charge in [0.05, 0.1) is 21.7 Å². The van der Waals surface area contributed by atoms with Gasteiger partial charge >= 0.3 is 0 Å². The quantitative estimate of drug-likeness (QED) is 0.572. The monoisotopic (exact) mass is 370 g/mol. The molecular formula is C17H14N4O2S2. The molecule has 4 aromatic rings. The molecule has 0 saturated carbocycles. The van der Waals surface area contributed by atoms with Crippen LogP contribution >= 0.6 is 23.1 Å². The lowest BCUT2D eigenvalue weighted by atomic mass is 10.1. The number of carbonyl (C=O) groups excluding carboxylic acids is 1. The highest BCUT2D eigenvalue weighted by molar-refractivity contribution is 7.99. The fourth-order valence-electron chi connectivity index (χ4n) is 2.51. The summed E-state index contributed by atoms with van der Waals surface area (Å²) in [4.78, 5) is 20.8. The van der Waals surface area contributed by atoms with Crippen molar-refractivity contribution in [3.63, 3.8) is 0 Å². The number of nitrogens with zero attached hydrogens (tertiary/aromatic N) is 3. The first-order valence-corrected chi connectivity index (χ1v) is 9.61. The number of aryl methyl sites for hydroxylation is 1. The first-order chi connectivity index (χ1) is 12.2. The minimum absolute atomic E-state index is 0.0893. The smallest absolute Gasteiger partial charge is 0.236 e. The molecule has 0 aliphatic carbocycles. The summed E-state index contributed by atoms with van der Waals surface area (Å²) in [5.41, 5.74) is 0.924. The number of hydrogen-bond acceptors (Lipinski definition) is 7. The summed E-state index contributed by atoms with van der Waals surface area (Å²) >= 11 is 2.92. The van der Waals surface area contributed by atoms with Crippen molar-refractivity contribution in [1.82, 2.24) is 15.1 Å². The Hall–Kier alpha value is -2.45. The number of thioether (sulfide) groups is 1. The third-order valence-electron chi connectivity index (χ3n) is 3.56. The Morgan fingerprint density at radius 1 is 1.24 bits per heavy atom. The van der Waals surface area contributed by atoms with Gasteiger partial charge in [0.25, 0.3) is 0 Å². The molecule has 0 fully saturated rings. The molecule has 0 saturated heterocycles. The standard InChI is InChI=1S/C17H14N4O2S2/c1-10-18-14(21-23-10)8-24-9-15(22)19-17-20-16-12-5-3-2-4-11(12)6-7-13(16)25-17/h2-7H,8-9H2,1H3,(H,19,20,22). The summed E-state index contributed by atoms with van der Waals surface area (Å²) in [7, 11) is 0. The lowest BCUT2D eigenvalue weighted by molar-refractivity contribution is -0.113. The van der Waals surface area contributed by atoms with Gasteiger partial charge in [0, 0.05) is 12.3 Å². The van der Waals surface area contributed by atoms with Gasteiger partial charge in [-0.2, -0.15) is 4.98 Å². The molecule has 2 aromatic heterocycles. The second-order valence-corrected chi connectivity index (χ2v) is 7.44. The third-order valence-corrected chi connectivity index (χ3v) is 5.43. The van der Waals surface area contributed by atoms with Gasteiger partial charge in [0.15, 0.2) is 11.0 Å². The summed E-state index contributed by atoms with van der Waals surface area (Å²) in [6, 6.07) is 12.2. The summed E-state index contributed by atoms with van der Waals surface area (Å²) in [6.45, 7) is 1.74. The Labute approximate surface area is 151 Å². The van der Waals surface area contributed by atoms with Crippen LogP contribution in [-0.2, 0) is 10.5 Å². The van der Waals surface area contributed by atoms with Gasteiger partial charge in [-0.25, -0.2) is 4.98 Å². The average Bonchev–Trinajstić information content (AvgIpc) is 3.20. The normalized spacial score (nSPS) is 11.2. The van der Waals surface area contributed by atoms with E-state index >= 15 is 0 Å². The van der Waals surface area contributed by atoms with Crippen LogP contribution in [0.3, 0.4) is 0 Å². The van der Waals surface area contributed by atoms with Crippen LogP contribution < -0.4 is 5.32 Å². The van der Waals surface area contributed by atoms with E-state index in [-0.39, 0.29) is 5.91 Å². The van der Waals surface area contributed by atoms with E-state index < -0.39 is 0 Å². The molecule has 126 valence electrons. The van der Waals surface area contributed by atoms with Crippen LogP contribution in [0, 0.1) is 6.92 Å². The highest BCUT2D eigenvalue weighted by Gasteiger charge is 2.11. The van der Waals surface area contributed by atoms with Gasteiger partial charge in [-0.05, 0) is 11.5 Å². The van der Waals surface area contributed by atoms with Crippen LogP contribution in [0.2, 0.25) is 0 Å². The maximum atomic E-state index is 12.1. The zero-order chi connectivity index (χ0) is 17.2. The average molecular weight is 370 g/mol. The molecular weight excluding hydrogens is 356 g/mol. The lowest BCUT2D eigenvalue weighted by Crippen LogP contribution is -2.14. The van der Waals surface area contributed by atoms with Crippen molar-refractivity contribution in [1.29, 1.82) is 0 Å². The number of thiazole rings is 1. The van der Waals surface area contributed by atoms with E-state index in [0.717, 1.165) is 21.0 Å². The topological polar surface area (TPSA) is 80.9 Å². The lowest BCUT2D eigenvalue weighted by Gasteiger charge is -1.99. The molecule has 1 N–H and O–H groups in total. The van der Waals surface area contributed by atoms with E-state index in [0.29, 0.717) is 28.4 Å². The van der Waals surface area contributed by atoms with Gasteiger partial charge in [-0.15, -0.1) is 11.8 Å². The Balaban J connectivity index is 1.43. The van der Waals surface area contributed by atoms with Crippen LogP contribution in [0.1, 0.15) is 11.7 Å². The van der Waals surface area contributed by atoms with Crippen molar-refractivity contribution in [2.24, 2.45) is 0 Å². The zero-order valence-corrected chi connectivity index (χ0v) is 15.0. The molecule has 8 heteroatoms. The Morgan fingerprint density at radius 3 is 2.96 bits per heavy atom. The third kappa shape index (κ3) is 3.49. The molecule has 0 bridgehead atoms. The fraction of sp³-hybridized carbons (Fsp3) is 0.176. The zero-order valence-electron chi connectivity index (χ0n) is 13.4. The second-order valence-electron chi connectivity index (χ2n) is 5.42. The molecule has 2 heterocycles. The summed E-state index contributed by atoms with van der Waals surface area (Å²) in [5.74, 6) is 1.89. The van der Waals surface area contributed by atoms with Gasteiger partial charge < -0.3 is 9.84 Å². The number of benzene rings is 2. The number of fused-ring (bicyclic) bond motifs is 3. The number of aromatic nitrogens is 3. The van der Waals surface area contributed by atoms with Crippen LogP contribution in [0.5, 0.6) is 0 Å². The van der Waals surface area contributed by atoms with Crippen molar-refractivity contribution < 1.29 is 9.32 Å². The predicted octanol–water partition coefficient (Wildman–Crippen LogP) is 4.01. The minimum Gasteiger partial charge on any atom is -0.340 e. The molecule has 0 atom stereocenters. The number of anilines is 1. The van der Waals surface area contributed by atoms with E-state index in [1.165, 1.54) is 23.1 Å². The maximum absolute atomic E-state index is 12.1. The number of hydrogen-bond donors (Lipinski definition) is 1. The van der Waals surface area contributed by atoms with Gasteiger partial charge in [-0.3, -0.25) is 4.79 Å². The van der Waals surface area contributed by atoms with Gasteiger partial charge in [-0.1, -0.05) is 46.8 Å². The van der Waals surface area contributed by atoms with Gasteiger partial charge in [0.1, 0.15) is 0 Å². The Morgan fingerprint density at radius 2 is 2.12 bits per heavy atom. The number of rotatable bonds is 5. The summed E-state index contributed by atoms with van der Waals surface area (Å²) in [5, 5.41) is 9.53. The van der Waals surface area contributed by atoms with E-state index in [2.05, 4.69) is 32.6 Å². The molecule has 25 heavy (non-hydrogen) atoms. The molecule has 0 spiro atoms. The summed E-state index contributed by atoms with van der Waals surface area (Å²) < 4.78 is 5.96. The minimum atomic E-state index is -0.0893. The SMILES string of the molecule is Cc1nc(CSCC(=O)Nc2nc3c(ccc4ccccc43)s2)no1. The first-order valence-electron chi connectivity index (χ1n) is 7.64. The Bertz CT molecular complexity index is 1060. The van der Waals surface area contributed by atoms with Crippen LogP contribution in [0.4, 0.5) is 5.13 Å². The maximum Gasteiger partial charge on any atom is 0.236 e. The van der Waals surface area contributed by atoms with E-state index in [1.807, 2.05) is 24.3 Å². The highest BCUT2D eigenvalue weighted by Crippen LogP contribution is 2.31. The molecule has 2 aromatic carbocycles. The van der Waals surface area contributed by atoms with E-state index in [1.54, 1.807) is 6.92 Å². The largest absolute Gasteiger partial charge is 0.340 e. The van der Waals surface area contributed by atoms with Crippen molar-refractivity contribution in [2.45, 2.75) is 12.7 Å². The predicted molar refractivity (Wildman–Crippen MR) is 101 cm³/mol. The molecule has 0 radical (unpaired) electrons. The molecule has 0 aliphatic rings. The van der Waals surface area contributed by atoms with Crippen molar-refractivity contribution in [2.75, 3.05) is 11.1 Å².